The average Bonchev–Trinajstić information content (AvgIpc) is 3.47. The number of aromatic nitrogens is 3. The first-order chi connectivity index (χ1) is 19.4. The maximum absolute atomic E-state index is 6.79. The number of fused-ring (bicyclic) bond motifs is 6. The van der Waals surface area contributed by atoms with Crippen LogP contribution in [-0.2, 0) is 23.1 Å². The molecule has 2 bridgehead atoms. The summed E-state index contributed by atoms with van der Waals surface area (Å²) in [5.74, 6) is 2.98. The Hall–Kier alpha value is -1.68. The number of hydrogen-bond acceptors (Lipinski definition) is 3. The SMILES string of the molecule is CC1(C)CC[C@]23CC[C@]4(C)[C@H](CC[C@@H]5[C@@]6(C)Cc7nnn(Cc8ccccc8)c7C(C)(C)[C@@H]6CC[C@]54C)[C@H]2[C@H]1OC3. The molecule has 1 saturated heterocycles. The predicted molar refractivity (Wildman–Crippen MR) is 163 cm³/mol. The van der Waals surface area contributed by atoms with Crippen molar-refractivity contribution in [3.05, 3.63) is 47.3 Å². The van der Waals surface area contributed by atoms with Gasteiger partial charge in [0.1, 0.15) is 0 Å². The van der Waals surface area contributed by atoms with E-state index in [1.54, 1.807) is 0 Å². The lowest BCUT2D eigenvalue weighted by atomic mass is 9.31. The lowest BCUT2D eigenvalue weighted by Gasteiger charge is -2.72. The second kappa shape index (κ2) is 8.27. The molecule has 222 valence electrons. The van der Waals surface area contributed by atoms with Gasteiger partial charge in [-0.1, -0.05) is 84.0 Å². The van der Waals surface area contributed by atoms with Crippen LogP contribution in [0.4, 0.5) is 0 Å². The van der Waals surface area contributed by atoms with Crippen LogP contribution < -0.4 is 0 Å². The summed E-state index contributed by atoms with van der Waals surface area (Å²) in [6, 6.07) is 10.8. The third kappa shape index (κ3) is 3.27. The van der Waals surface area contributed by atoms with Gasteiger partial charge in [0.2, 0.25) is 0 Å². The maximum Gasteiger partial charge on any atom is 0.0870 e. The summed E-state index contributed by atoms with van der Waals surface area (Å²) >= 11 is 0. The van der Waals surface area contributed by atoms with E-state index in [9.17, 15) is 0 Å². The lowest BCUT2D eigenvalue weighted by molar-refractivity contribution is -0.233. The summed E-state index contributed by atoms with van der Waals surface area (Å²) in [6.07, 6.45) is 12.6. The molecule has 0 N–H and O–H groups in total. The van der Waals surface area contributed by atoms with Crippen molar-refractivity contribution in [1.82, 2.24) is 15.0 Å². The molecule has 1 aromatic carbocycles. The van der Waals surface area contributed by atoms with E-state index in [2.05, 4.69) is 83.5 Å². The molecule has 4 nitrogen and oxygen atoms in total. The van der Waals surface area contributed by atoms with Crippen LogP contribution >= 0.6 is 0 Å². The standard InChI is InChI=1S/C37H53N3O/c1-32(2)17-19-37-20-18-35(6)25(29(37)31(32)41-23-37)13-14-28-34(5)21-26-30(33(3,4)27(34)15-16-36(28,35)7)40(39-38-26)22-24-11-9-8-10-12-24/h8-12,25,27-29,31H,13-23H2,1-7H3/t25-,27+,28-,29+,31-,34+,35-,36-,37-/m1/s1. The summed E-state index contributed by atoms with van der Waals surface area (Å²) in [5, 5.41) is 9.75. The van der Waals surface area contributed by atoms with Crippen LogP contribution in [0.3, 0.4) is 0 Å². The molecule has 0 radical (unpaired) electrons. The highest BCUT2D eigenvalue weighted by Crippen LogP contribution is 2.77. The maximum atomic E-state index is 6.79. The van der Waals surface area contributed by atoms with Gasteiger partial charge in [0.25, 0.3) is 0 Å². The first-order valence-corrected chi connectivity index (χ1v) is 16.9. The fraction of sp³-hybridized carbons (Fsp3) is 0.784. The first kappa shape index (κ1) is 26.9. The molecule has 5 fully saturated rings. The minimum atomic E-state index is 0.0661. The smallest absolute Gasteiger partial charge is 0.0870 e. The topological polar surface area (TPSA) is 39.9 Å². The molecule has 5 aliphatic carbocycles. The van der Waals surface area contributed by atoms with E-state index >= 15 is 0 Å². The Labute approximate surface area is 248 Å². The van der Waals surface area contributed by atoms with Crippen molar-refractivity contribution in [2.45, 2.75) is 124 Å². The fourth-order valence-corrected chi connectivity index (χ4v) is 13.3. The molecule has 6 aliphatic rings. The van der Waals surface area contributed by atoms with Crippen LogP contribution in [-0.4, -0.2) is 27.7 Å². The summed E-state index contributed by atoms with van der Waals surface area (Å²) in [7, 11) is 0. The molecule has 1 aliphatic heterocycles. The molecule has 0 amide bonds. The van der Waals surface area contributed by atoms with E-state index in [1.165, 1.54) is 68.3 Å². The second-order valence-corrected chi connectivity index (χ2v) is 17.7. The minimum Gasteiger partial charge on any atom is -0.377 e. The number of hydrogen-bond donors (Lipinski definition) is 0. The average molecular weight is 556 g/mol. The van der Waals surface area contributed by atoms with Crippen molar-refractivity contribution in [1.29, 1.82) is 0 Å². The first-order valence-electron chi connectivity index (χ1n) is 16.9. The summed E-state index contributed by atoms with van der Waals surface area (Å²) in [5.41, 5.74) is 5.88. The molecule has 1 aromatic heterocycles. The van der Waals surface area contributed by atoms with Gasteiger partial charge < -0.3 is 4.74 Å². The van der Waals surface area contributed by atoms with Crippen LogP contribution in [0.1, 0.15) is 117 Å². The number of benzene rings is 1. The highest BCUT2D eigenvalue weighted by molar-refractivity contribution is 5.33. The van der Waals surface area contributed by atoms with Gasteiger partial charge in [-0.05, 0) is 114 Å². The van der Waals surface area contributed by atoms with Gasteiger partial charge >= 0.3 is 0 Å². The zero-order valence-electron chi connectivity index (χ0n) is 26.8. The van der Waals surface area contributed by atoms with Crippen molar-refractivity contribution in [2.75, 3.05) is 6.61 Å². The van der Waals surface area contributed by atoms with Gasteiger partial charge in [0.15, 0.2) is 0 Å². The Morgan fingerprint density at radius 2 is 1.59 bits per heavy atom. The van der Waals surface area contributed by atoms with Gasteiger partial charge in [0.05, 0.1) is 30.6 Å². The van der Waals surface area contributed by atoms with E-state index in [1.807, 2.05) is 0 Å². The molecule has 41 heavy (non-hydrogen) atoms. The summed E-state index contributed by atoms with van der Waals surface area (Å²) in [4.78, 5) is 0. The molecule has 2 heterocycles. The van der Waals surface area contributed by atoms with Crippen molar-refractivity contribution in [2.24, 2.45) is 50.7 Å². The molecule has 8 rings (SSSR count). The molecule has 0 unspecified atom stereocenters. The third-order valence-electron chi connectivity index (χ3n) is 15.4. The molecular formula is C37H53N3O. The molecule has 9 atom stereocenters. The quantitative estimate of drug-likeness (QED) is 0.375. The van der Waals surface area contributed by atoms with E-state index in [0.29, 0.717) is 33.7 Å². The zero-order chi connectivity index (χ0) is 28.6. The third-order valence-corrected chi connectivity index (χ3v) is 15.4. The number of ether oxygens (including phenoxy) is 1. The Morgan fingerprint density at radius 1 is 0.829 bits per heavy atom. The van der Waals surface area contributed by atoms with Gasteiger partial charge in [0, 0.05) is 5.41 Å². The monoisotopic (exact) mass is 555 g/mol. The second-order valence-electron chi connectivity index (χ2n) is 17.7. The van der Waals surface area contributed by atoms with Gasteiger partial charge in [-0.3, -0.25) is 0 Å². The Balaban J connectivity index is 1.16. The van der Waals surface area contributed by atoms with E-state index in [4.69, 9.17) is 15.0 Å². The van der Waals surface area contributed by atoms with Gasteiger partial charge in [-0.15, -0.1) is 5.10 Å². The number of nitrogens with zero attached hydrogens (tertiary/aromatic N) is 3. The largest absolute Gasteiger partial charge is 0.377 e. The van der Waals surface area contributed by atoms with Crippen molar-refractivity contribution >= 4 is 0 Å². The fourth-order valence-electron chi connectivity index (χ4n) is 13.3. The number of rotatable bonds is 2. The van der Waals surface area contributed by atoms with Crippen LogP contribution in [0.2, 0.25) is 0 Å². The molecule has 0 spiro atoms. The van der Waals surface area contributed by atoms with Crippen LogP contribution in [0, 0.1) is 50.7 Å². The Kier molecular flexibility index (Phi) is 5.43. The minimum absolute atomic E-state index is 0.0661. The van der Waals surface area contributed by atoms with E-state index in [-0.39, 0.29) is 10.8 Å². The Morgan fingerprint density at radius 3 is 2.37 bits per heavy atom. The van der Waals surface area contributed by atoms with Crippen molar-refractivity contribution < 1.29 is 4.74 Å². The van der Waals surface area contributed by atoms with Crippen molar-refractivity contribution in [3.8, 4) is 0 Å². The predicted octanol–water partition coefficient (Wildman–Crippen LogP) is 8.23. The highest BCUT2D eigenvalue weighted by atomic mass is 16.5. The summed E-state index contributed by atoms with van der Waals surface area (Å²) in [6.45, 7) is 20.1. The van der Waals surface area contributed by atoms with E-state index < -0.39 is 0 Å². The molecule has 4 heteroatoms. The summed E-state index contributed by atoms with van der Waals surface area (Å²) < 4.78 is 9.04. The van der Waals surface area contributed by atoms with Crippen LogP contribution in [0.25, 0.3) is 0 Å². The molecule has 4 saturated carbocycles. The zero-order valence-corrected chi connectivity index (χ0v) is 26.8. The molecule has 2 aromatic rings. The van der Waals surface area contributed by atoms with Crippen LogP contribution in [0.5, 0.6) is 0 Å². The van der Waals surface area contributed by atoms with Gasteiger partial charge in [-0.2, -0.15) is 0 Å². The van der Waals surface area contributed by atoms with Gasteiger partial charge in [-0.25, -0.2) is 4.68 Å². The highest BCUT2D eigenvalue weighted by Gasteiger charge is 2.72. The van der Waals surface area contributed by atoms with E-state index in [0.717, 1.165) is 37.3 Å². The normalized spacial score (nSPS) is 47.0. The Bertz CT molecular complexity index is 1360. The molecular weight excluding hydrogens is 502 g/mol. The van der Waals surface area contributed by atoms with Crippen molar-refractivity contribution in [3.63, 3.8) is 0 Å². The van der Waals surface area contributed by atoms with Crippen LogP contribution in [0.15, 0.2) is 30.3 Å². The lowest BCUT2D eigenvalue weighted by Crippen LogP contribution is -2.67.